The molecule has 7 nitrogen and oxygen atoms in total. The molecule has 2 aromatic rings. The van der Waals surface area contributed by atoms with Crippen LogP contribution in [0.3, 0.4) is 0 Å². The molecule has 2 amide bonds. The zero-order chi connectivity index (χ0) is 21.5. The van der Waals surface area contributed by atoms with Gasteiger partial charge in [-0.2, -0.15) is 0 Å². The molecule has 158 valence electrons. The maximum Gasteiger partial charge on any atom is 0.262 e. The van der Waals surface area contributed by atoms with E-state index in [-0.39, 0.29) is 18.4 Å². The van der Waals surface area contributed by atoms with Crippen molar-refractivity contribution in [2.24, 2.45) is 0 Å². The second kappa shape index (κ2) is 9.82. The quantitative estimate of drug-likeness (QED) is 0.710. The summed E-state index contributed by atoms with van der Waals surface area (Å²) in [6.07, 6.45) is 3.21. The van der Waals surface area contributed by atoms with Crippen LogP contribution in [0.1, 0.15) is 18.9 Å². The third-order valence-electron chi connectivity index (χ3n) is 4.73. The van der Waals surface area contributed by atoms with Crippen molar-refractivity contribution in [1.29, 1.82) is 0 Å². The Morgan fingerprint density at radius 2 is 2.00 bits per heavy atom. The summed E-state index contributed by atoms with van der Waals surface area (Å²) in [5, 5.41) is 2.83. The van der Waals surface area contributed by atoms with Crippen molar-refractivity contribution in [2.75, 3.05) is 32.2 Å². The molecule has 0 unspecified atom stereocenters. The van der Waals surface area contributed by atoms with Gasteiger partial charge in [0.2, 0.25) is 0 Å². The van der Waals surface area contributed by atoms with Crippen LogP contribution in [0, 0.1) is 0 Å². The summed E-state index contributed by atoms with van der Waals surface area (Å²) < 4.78 is 16.4. The van der Waals surface area contributed by atoms with Gasteiger partial charge in [-0.3, -0.25) is 9.59 Å². The Balaban J connectivity index is 1.83. The number of nitrogens with zero attached hydrogens (tertiary/aromatic N) is 1. The second-order valence-electron chi connectivity index (χ2n) is 6.76. The third kappa shape index (κ3) is 4.74. The minimum Gasteiger partial charge on any atom is -0.497 e. The molecular formula is C23H26N2O5. The molecule has 1 atom stereocenters. The second-order valence-corrected chi connectivity index (χ2v) is 6.76. The highest BCUT2D eigenvalue weighted by Crippen LogP contribution is 2.33. The number of carbonyl (C=O) groups excluding carboxylic acids is 2. The maximum absolute atomic E-state index is 13.0. The zero-order valence-electron chi connectivity index (χ0n) is 17.4. The molecule has 30 heavy (non-hydrogen) atoms. The van der Waals surface area contributed by atoms with Gasteiger partial charge in [-0.05, 0) is 36.8 Å². The van der Waals surface area contributed by atoms with E-state index in [2.05, 4.69) is 5.32 Å². The molecule has 2 aromatic carbocycles. The van der Waals surface area contributed by atoms with Gasteiger partial charge in [-0.1, -0.05) is 19.1 Å². The molecule has 0 spiro atoms. The van der Waals surface area contributed by atoms with Gasteiger partial charge in [-0.15, -0.1) is 0 Å². The number of rotatable bonds is 7. The first-order valence-electron chi connectivity index (χ1n) is 9.82. The molecule has 1 aliphatic heterocycles. The summed E-state index contributed by atoms with van der Waals surface area (Å²) in [4.78, 5) is 27.0. The van der Waals surface area contributed by atoms with Gasteiger partial charge >= 0.3 is 0 Å². The lowest BCUT2D eigenvalue weighted by molar-refractivity contribution is -0.128. The molecule has 1 N–H and O–H groups in total. The maximum atomic E-state index is 13.0. The number of benzene rings is 2. The first-order valence-corrected chi connectivity index (χ1v) is 9.82. The number of hydrogen-bond acceptors (Lipinski definition) is 5. The summed E-state index contributed by atoms with van der Waals surface area (Å²) >= 11 is 0. The lowest BCUT2D eigenvalue weighted by atomic mass is 10.1. The summed E-state index contributed by atoms with van der Waals surface area (Å²) in [7, 11) is 3.14. The van der Waals surface area contributed by atoms with E-state index in [1.807, 2.05) is 25.1 Å². The summed E-state index contributed by atoms with van der Waals surface area (Å²) in [5.74, 6) is 1.28. The van der Waals surface area contributed by atoms with Crippen LogP contribution in [0.15, 0.2) is 48.5 Å². The van der Waals surface area contributed by atoms with Crippen LogP contribution < -0.4 is 24.4 Å². The van der Waals surface area contributed by atoms with Gasteiger partial charge in [0.25, 0.3) is 11.8 Å². The number of ether oxygens (including phenoxy) is 3. The molecule has 1 aliphatic rings. The fraction of sp³-hybridized carbons (Fsp3) is 0.304. The number of amides is 2. The monoisotopic (exact) mass is 410 g/mol. The van der Waals surface area contributed by atoms with Crippen LogP contribution in [0.4, 0.5) is 5.69 Å². The Labute approximate surface area is 176 Å². The van der Waals surface area contributed by atoms with Crippen LogP contribution in [0.2, 0.25) is 0 Å². The average molecular weight is 410 g/mol. The van der Waals surface area contributed by atoms with Crippen LogP contribution in [0.25, 0.3) is 6.08 Å². The SMILES string of the molecule is CCCNC(=O)[C@H]1CN(C(=O)/C=C/c2ccc(OC)cc2OC)c2ccccc2O1. The van der Waals surface area contributed by atoms with E-state index in [0.29, 0.717) is 29.5 Å². The fourth-order valence-electron chi connectivity index (χ4n) is 3.15. The van der Waals surface area contributed by atoms with Crippen molar-refractivity contribution >= 4 is 23.6 Å². The summed E-state index contributed by atoms with van der Waals surface area (Å²) in [5.41, 5.74) is 1.37. The highest BCUT2D eigenvalue weighted by molar-refractivity contribution is 6.06. The number of hydrogen-bond donors (Lipinski definition) is 1. The topological polar surface area (TPSA) is 77.1 Å². The van der Waals surface area contributed by atoms with Gasteiger partial charge in [0.05, 0.1) is 26.5 Å². The standard InChI is InChI=1S/C23H26N2O5/c1-4-13-24-23(27)21-15-25(18-7-5-6-8-19(18)30-21)22(26)12-10-16-9-11-17(28-2)14-20(16)29-3/h5-12,14,21H,4,13,15H2,1-3H3,(H,24,27)/b12-10+/t21-/m1/s1. The van der Waals surface area contributed by atoms with Gasteiger partial charge in [-0.25, -0.2) is 0 Å². The van der Waals surface area contributed by atoms with E-state index in [9.17, 15) is 9.59 Å². The number of fused-ring (bicyclic) bond motifs is 1. The van der Waals surface area contributed by atoms with Crippen molar-refractivity contribution in [3.05, 3.63) is 54.1 Å². The molecule has 3 rings (SSSR count). The van der Waals surface area contributed by atoms with Gasteiger partial charge < -0.3 is 24.4 Å². The minimum absolute atomic E-state index is 0.134. The van der Waals surface area contributed by atoms with Gasteiger partial charge in [0, 0.05) is 24.3 Å². The first-order chi connectivity index (χ1) is 14.6. The lowest BCUT2D eigenvalue weighted by Crippen LogP contribution is -2.50. The summed E-state index contributed by atoms with van der Waals surface area (Å²) in [6.45, 7) is 2.67. The van der Waals surface area contributed by atoms with E-state index in [4.69, 9.17) is 14.2 Å². The van der Waals surface area contributed by atoms with Crippen LogP contribution in [-0.2, 0) is 9.59 Å². The Morgan fingerprint density at radius 1 is 1.20 bits per heavy atom. The van der Waals surface area contributed by atoms with E-state index in [0.717, 1.165) is 12.0 Å². The Morgan fingerprint density at radius 3 is 2.73 bits per heavy atom. The number of nitrogens with one attached hydrogen (secondary N) is 1. The van der Waals surface area contributed by atoms with E-state index >= 15 is 0 Å². The van der Waals surface area contributed by atoms with E-state index in [1.54, 1.807) is 49.5 Å². The largest absolute Gasteiger partial charge is 0.497 e. The minimum atomic E-state index is -0.765. The number of para-hydroxylation sites is 2. The molecular weight excluding hydrogens is 384 g/mol. The highest BCUT2D eigenvalue weighted by Gasteiger charge is 2.32. The van der Waals surface area contributed by atoms with E-state index < -0.39 is 6.10 Å². The fourth-order valence-corrected chi connectivity index (χ4v) is 3.15. The number of methoxy groups -OCH3 is 2. The molecule has 0 aromatic heterocycles. The van der Waals surface area contributed by atoms with E-state index in [1.165, 1.54) is 6.08 Å². The third-order valence-corrected chi connectivity index (χ3v) is 4.73. The van der Waals surface area contributed by atoms with Crippen molar-refractivity contribution < 1.29 is 23.8 Å². The smallest absolute Gasteiger partial charge is 0.262 e. The van der Waals surface area contributed by atoms with Gasteiger partial charge in [0.1, 0.15) is 17.2 Å². The summed E-state index contributed by atoms with van der Waals surface area (Å²) in [6, 6.07) is 12.6. The molecule has 0 saturated heterocycles. The molecule has 0 radical (unpaired) electrons. The average Bonchev–Trinajstić information content (AvgIpc) is 2.79. The predicted molar refractivity (Wildman–Crippen MR) is 115 cm³/mol. The van der Waals surface area contributed by atoms with Crippen molar-refractivity contribution in [2.45, 2.75) is 19.4 Å². The molecule has 0 saturated carbocycles. The normalized spacial score (nSPS) is 15.3. The molecule has 0 aliphatic carbocycles. The van der Waals surface area contributed by atoms with Crippen molar-refractivity contribution in [3.63, 3.8) is 0 Å². The molecule has 7 heteroatoms. The molecule has 0 fully saturated rings. The first kappa shape index (κ1) is 21.2. The van der Waals surface area contributed by atoms with Crippen molar-refractivity contribution in [1.82, 2.24) is 5.32 Å². The van der Waals surface area contributed by atoms with Crippen LogP contribution >= 0.6 is 0 Å². The predicted octanol–water partition coefficient (Wildman–Crippen LogP) is 3.04. The Kier molecular flexibility index (Phi) is 6.95. The molecule has 1 heterocycles. The zero-order valence-corrected chi connectivity index (χ0v) is 17.4. The number of anilines is 1. The highest BCUT2D eigenvalue weighted by atomic mass is 16.5. The lowest BCUT2D eigenvalue weighted by Gasteiger charge is -2.33. The number of carbonyl (C=O) groups is 2. The van der Waals surface area contributed by atoms with Crippen LogP contribution in [-0.4, -0.2) is 45.2 Å². The van der Waals surface area contributed by atoms with Gasteiger partial charge in [0.15, 0.2) is 6.10 Å². The Bertz CT molecular complexity index is 941. The Hall–Kier alpha value is -3.48. The van der Waals surface area contributed by atoms with Crippen LogP contribution in [0.5, 0.6) is 17.2 Å². The molecule has 0 bridgehead atoms. The van der Waals surface area contributed by atoms with Crippen molar-refractivity contribution in [3.8, 4) is 17.2 Å².